The number of nitrogens with one attached hydrogen (secondary N) is 1. The first-order valence-electron chi connectivity index (χ1n) is 7.80. The first-order chi connectivity index (χ1) is 10.5. The molecule has 1 rings (SSSR count). The van der Waals surface area contributed by atoms with Crippen molar-refractivity contribution in [2.24, 2.45) is 5.73 Å². The summed E-state index contributed by atoms with van der Waals surface area (Å²) in [6.45, 7) is 6.20. The van der Waals surface area contributed by atoms with E-state index in [1.165, 1.54) is 5.56 Å². The molecular weight excluding hydrogens is 348 g/mol. The molecule has 0 saturated carbocycles. The summed E-state index contributed by atoms with van der Waals surface area (Å²) >= 11 is 0. The van der Waals surface area contributed by atoms with Gasteiger partial charge in [0.2, 0.25) is 5.91 Å². The molecule has 1 aromatic rings. The minimum atomic E-state index is -3.11. The molecule has 0 bridgehead atoms. The number of halogens is 1. The van der Waals surface area contributed by atoms with E-state index in [1.807, 2.05) is 25.1 Å². The summed E-state index contributed by atoms with van der Waals surface area (Å²) < 4.78 is 22.3. The Hall–Kier alpha value is -1.11. The molecule has 0 saturated heterocycles. The highest BCUT2D eigenvalue weighted by molar-refractivity contribution is 7.90. The summed E-state index contributed by atoms with van der Waals surface area (Å²) in [6.07, 6.45) is 2.05. The smallest absolute Gasteiger partial charge is 0.237 e. The fourth-order valence-electron chi connectivity index (χ4n) is 2.65. The van der Waals surface area contributed by atoms with Crippen LogP contribution in [-0.2, 0) is 20.0 Å². The molecule has 0 aliphatic carbocycles. The van der Waals surface area contributed by atoms with Gasteiger partial charge in [-0.05, 0) is 30.7 Å². The Morgan fingerprint density at radius 2 is 1.79 bits per heavy atom. The molecule has 2 atom stereocenters. The number of sulfone groups is 1. The van der Waals surface area contributed by atoms with E-state index in [0.717, 1.165) is 12.7 Å². The highest BCUT2D eigenvalue weighted by atomic mass is 35.5. The van der Waals surface area contributed by atoms with Gasteiger partial charge in [0, 0.05) is 12.3 Å². The topological polar surface area (TPSA) is 89.3 Å². The third kappa shape index (κ3) is 8.13. The summed E-state index contributed by atoms with van der Waals surface area (Å²) in [5.74, 6) is -0.379. The van der Waals surface area contributed by atoms with Gasteiger partial charge in [-0.25, -0.2) is 8.42 Å². The van der Waals surface area contributed by atoms with Crippen molar-refractivity contribution in [3.8, 4) is 0 Å². The Morgan fingerprint density at radius 3 is 2.29 bits per heavy atom. The van der Waals surface area contributed by atoms with Gasteiger partial charge in [0.15, 0.2) is 0 Å². The predicted molar refractivity (Wildman–Crippen MR) is 101 cm³/mol. The Kier molecular flexibility index (Phi) is 8.96. The van der Waals surface area contributed by atoms with Gasteiger partial charge in [-0.15, -0.1) is 12.4 Å². The van der Waals surface area contributed by atoms with Crippen LogP contribution in [0.3, 0.4) is 0 Å². The largest absolute Gasteiger partial charge is 0.352 e. The molecule has 24 heavy (non-hydrogen) atoms. The molecule has 5 nitrogen and oxygen atoms in total. The average Bonchev–Trinajstić information content (AvgIpc) is 2.44. The fraction of sp³-hybridized carbons (Fsp3) is 0.588. The van der Waals surface area contributed by atoms with E-state index in [2.05, 4.69) is 31.3 Å². The van der Waals surface area contributed by atoms with Gasteiger partial charge in [-0.2, -0.15) is 0 Å². The molecule has 0 aliphatic rings. The number of rotatable bonds is 8. The summed E-state index contributed by atoms with van der Waals surface area (Å²) in [6, 6.07) is 9.28. The Morgan fingerprint density at radius 1 is 1.25 bits per heavy atom. The van der Waals surface area contributed by atoms with Crippen molar-refractivity contribution >= 4 is 28.2 Å². The standard InChI is InChI=1S/C17H28N2O3S.ClH/c1-13(12-17(2,3)14-8-6-5-7-9-14)19-16(20)15(18)10-11-23(4,21)22;/h5-9,13,15H,10-12,18H2,1-4H3,(H,19,20);1H. The lowest BCUT2D eigenvalue weighted by atomic mass is 9.79. The summed E-state index contributed by atoms with van der Waals surface area (Å²) in [5.41, 5.74) is 6.90. The Labute approximate surface area is 151 Å². The van der Waals surface area contributed by atoms with Gasteiger partial charge < -0.3 is 11.1 Å². The summed E-state index contributed by atoms with van der Waals surface area (Å²) in [4.78, 5) is 12.1. The van der Waals surface area contributed by atoms with Crippen LogP contribution in [0.2, 0.25) is 0 Å². The van der Waals surface area contributed by atoms with Crippen LogP contribution in [0, 0.1) is 0 Å². The maximum absolute atomic E-state index is 12.1. The number of carbonyl (C=O) groups excluding carboxylic acids is 1. The first-order valence-corrected chi connectivity index (χ1v) is 9.86. The normalized spacial score (nSPS) is 14.4. The molecule has 0 fully saturated rings. The van der Waals surface area contributed by atoms with E-state index >= 15 is 0 Å². The van der Waals surface area contributed by atoms with Crippen molar-refractivity contribution in [1.82, 2.24) is 5.32 Å². The monoisotopic (exact) mass is 376 g/mol. The maximum atomic E-state index is 12.1. The maximum Gasteiger partial charge on any atom is 0.237 e. The van der Waals surface area contributed by atoms with Gasteiger partial charge in [-0.1, -0.05) is 44.2 Å². The van der Waals surface area contributed by atoms with E-state index in [-0.39, 0.29) is 41.9 Å². The van der Waals surface area contributed by atoms with Crippen molar-refractivity contribution in [2.75, 3.05) is 12.0 Å². The lowest BCUT2D eigenvalue weighted by molar-refractivity contribution is -0.123. The minimum absolute atomic E-state index is 0. The summed E-state index contributed by atoms with van der Waals surface area (Å²) in [5, 5.41) is 2.88. The van der Waals surface area contributed by atoms with E-state index < -0.39 is 15.9 Å². The number of hydrogen-bond donors (Lipinski definition) is 2. The van der Waals surface area contributed by atoms with Crippen LogP contribution in [0.4, 0.5) is 0 Å². The molecule has 0 spiro atoms. The van der Waals surface area contributed by atoms with Crippen LogP contribution in [-0.4, -0.2) is 38.4 Å². The number of benzene rings is 1. The molecule has 0 heterocycles. The zero-order chi connectivity index (χ0) is 17.7. The van der Waals surface area contributed by atoms with E-state index in [1.54, 1.807) is 0 Å². The quantitative estimate of drug-likeness (QED) is 0.726. The van der Waals surface area contributed by atoms with Gasteiger partial charge in [0.1, 0.15) is 9.84 Å². The van der Waals surface area contributed by atoms with E-state index in [9.17, 15) is 13.2 Å². The summed E-state index contributed by atoms with van der Waals surface area (Å²) in [7, 11) is -3.11. The van der Waals surface area contributed by atoms with Gasteiger partial charge in [0.05, 0.1) is 11.8 Å². The SMILES string of the molecule is CC(CC(C)(C)c1ccccc1)NC(=O)C(N)CCS(C)(=O)=O.Cl. The van der Waals surface area contributed by atoms with Crippen LogP contribution in [0.25, 0.3) is 0 Å². The van der Waals surface area contributed by atoms with Crippen molar-refractivity contribution in [1.29, 1.82) is 0 Å². The number of nitrogens with two attached hydrogens (primary N) is 1. The van der Waals surface area contributed by atoms with Gasteiger partial charge in [0.25, 0.3) is 0 Å². The van der Waals surface area contributed by atoms with Gasteiger partial charge >= 0.3 is 0 Å². The second-order valence-electron chi connectivity index (χ2n) is 6.89. The number of amides is 1. The van der Waals surface area contributed by atoms with Crippen molar-refractivity contribution in [2.45, 2.75) is 51.1 Å². The van der Waals surface area contributed by atoms with E-state index in [0.29, 0.717) is 0 Å². The fourth-order valence-corrected chi connectivity index (χ4v) is 3.33. The van der Waals surface area contributed by atoms with Crippen LogP contribution < -0.4 is 11.1 Å². The number of hydrogen-bond acceptors (Lipinski definition) is 4. The Balaban J connectivity index is 0.00000529. The van der Waals surface area contributed by atoms with Crippen molar-refractivity contribution < 1.29 is 13.2 Å². The average molecular weight is 377 g/mol. The number of carbonyl (C=O) groups is 1. The van der Waals surface area contributed by atoms with E-state index in [4.69, 9.17) is 5.73 Å². The third-order valence-electron chi connectivity index (χ3n) is 3.90. The molecule has 0 radical (unpaired) electrons. The molecule has 1 aromatic carbocycles. The van der Waals surface area contributed by atoms with Crippen LogP contribution in [0.15, 0.2) is 30.3 Å². The zero-order valence-electron chi connectivity index (χ0n) is 14.8. The lowest BCUT2D eigenvalue weighted by Crippen LogP contribution is -2.46. The second-order valence-corrected chi connectivity index (χ2v) is 9.15. The van der Waals surface area contributed by atoms with Crippen LogP contribution in [0.5, 0.6) is 0 Å². The molecule has 1 amide bonds. The highest BCUT2D eigenvalue weighted by Crippen LogP contribution is 2.28. The highest BCUT2D eigenvalue weighted by Gasteiger charge is 2.25. The molecule has 0 aromatic heterocycles. The van der Waals surface area contributed by atoms with Crippen molar-refractivity contribution in [3.05, 3.63) is 35.9 Å². The molecule has 7 heteroatoms. The lowest BCUT2D eigenvalue weighted by Gasteiger charge is -2.29. The molecule has 0 aliphatic heterocycles. The van der Waals surface area contributed by atoms with Crippen LogP contribution in [0.1, 0.15) is 39.2 Å². The van der Waals surface area contributed by atoms with Crippen LogP contribution >= 0.6 is 12.4 Å². The molecule has 2 unspecified atom stereocenters. The molecule has 3 N–H and O–H groups in total. The zero-order valence-corrected chi connectivity index (χ0v) is 16.4. The predicted octanol–water partition coefficient (Wildman–Crippen LogP) is 2.04. The molecule has 138 valence electrons. The first kappa shape index (κ1) is 22.9. The second kappa shape index (κ2) is 9.39. The third-order valence-corrected chi connectivity index (χ3v) is 4.87. The van der Waals surface area contributed by atoms with Crippen molar-refractivity contribution in [3.63, 3.8) is 0 Å². The minimum Gasteiger partial charge on any atom is -0.352 e. The Bertz CT molecular complexity index is 618. The van der Waals surface area contributed by atoms with Gasteiger partial charge in [-0.3, -0.25) is 4.79 Å². The molecular formula is C17H29ClN2O3S.